The first kappa shape index (κ1) is 24.5. The number of rotatable bonds is 8. The van der Waals surface area contributed by atoms with Gasteiger partial charge in [0.25, 0.3) is 5.91 Å². The molecule has 0 bridgehead atoms. The van der Waals surface area contributed by atoms with E-state index in [2.05, 4.69) is 15.6 Å². The van der Waals surface area contributed by atoms with E-state index in [0.29, 0.717) is 25.2 Å². The van der Waals surface area contributed by atoms with Gasteiger partial charge in [0.15, 0.2) is 5.96 Å². The van der Waals surface area contributed by atoms with Gasteiger partial charge in [-0.15, -0.1) is 24.0 Å². The molecule has 0 heterocycles. The third kappa shape index (κ3) is 7.80. The largest absolute Gasteiger partial charge is 0.508 e. The Labute approximate surface area is 189 Å². The summed E-state index contributed by atoms with van der Waals surface area (Å²) in [6.45, 7) is 4.27. The number of phenols is 1. The van der Waals surface area contributed by atoms with Crippen LogP contribution in [0.1, 0.15) is 22.8 Å². The predicted molar refractivity (Wildman–Crippen MR) is 126 cm³/mol. The lowest BCUT2D eigenvalue weighted by molar-refractivity contribution is 0.0955. The van der Waals surface area contributed by atoms with Crippen molar-refractivity contribution in [3.63, 3.8) is 0 Å². The molecule has 0 aliphatic rings. The number of nitrogens with zero attached hydrogens (tertiary/aromatic N) is 2. The topological polar surface area (TPSA) is 86.2 Å². The number of halogens is 1. The van der Waals surface area contributed by atoms with Gasteiger partial charge in [-0.1, -0.05) is 18.2 Å². The zero-order valence-electron chi connectivity index (χ0n) is 17.0. The molecule has 0 saturated heterocycles. The van der Waals surface area contributed by atoms with Crippen LogP contribution >= 0.6 is 24.0 Å². The van der Waals surface area contributed by atoms with E-state index in [1.165, 1.54) is 12.1 Å². The van der Waals surface area contributed by atoms with Crippen molar-refractivity contribution in [2.24, 2.45) is 4.99 Å². The fourth-order valence-electron chi connectivity index (χ4n) is 2.68. The summed E-state index contributed by atoms with van der Waals surface area (Å²) in [4.78, 5) is 18.7. The lowest BCUT2D eigenvalue weighted by atomic mass is 10.2. The van der Waals surface area contributed by atoms with E-state index in [1.807, 2.05) is 43.1 Å². The van der Waals surface area contributed by atoms with Crippen molar-refractivity contribution in [1.29, 1.82) is 0 Å². The van der Waals surface area contributed by atoms with E-state index in [-0.39, 0.29) is 35.6 Å². The molecule has 0 atom stereocenters. The molecule has 7 nitrogen and oxygen atoms in total. The summed E-state index contributed by atoms with van der Waals surface area (Å²) in [5.74, 6) is 1.54. The molecular formula is C21H29IN4O3. The number of benzene rings is 2. The third-order valence-corrected chi connectivity index (χ3v) is 4.08. The normalized spacial score (nSPS) is 10.7. The van der Waals surface area contributed by atoms with Gasteiger partial charge in [-0.2, -0.15) is 0 Å². The first-order chi connectivity index (χ1) is 13.5. The molecule has 1 amide bonds. The van der Waals surface area contributed by atoms with Crippen LogP contribution < -0.4 is 15.4 Å². The van der Waals surface area contributed by atoms with Gasteiger partial charge in [0, 0.05) is 37.8 Å². The van der Waals surface area contributed by atoms with Crippen LogP contribution in [0.4, 0.5) is 0 Å². The SMILES string of the molecule is CCNC(=NCCNC(=O)c1ccc(O)cc1)N(C)Cc1ccccc1OC.I. The molecule has 0 spiro atoms. The van der Waals surface area contributed by atoms with E-state index in [9.17, 15) is 9.90 Å². The number of aromatic hydroxyl groups is 1. The summed E-state index contributed by atoms with van der Waals surface area (Å²) in [7, 11) is 3.62. The quantitative estimate of drug-likeness (QED) is 0.219. The molecule has 29 heavy (non-hydrogen) atoms. The summed E-state index contributed by atoms with van der Waals surface area (Å²) in [5.41, 5.74) is 1.57. The Morgan fingerprint density at radius 2 is 1.83 bits per heavy atom. The van der Waals surface area contributed by atoms with Crippen molar-refractivity contribution in [2.45, 2.75) is 13.5 Å². The van der Waals surface area contributed by atoms with E-state index < -0.39 is 0 Å². The minimum absolute atomic E-state index is 0. The summed E-state index contributed by atoms with van der Waals surface area (Å²) in [5, 5.41) is 15.4. The molecule has 3 N–H and O–H groups in total. The molecule has 2 aromatic rings. The molecule has 158 valence electrons. The second-order valence-electron chi connectivity index (χ2n) is 6.21. The van der Waals surface area contributed by atoms with E-state index in [0.717, 1.165) is 23.8 Å². The number of carbonyl (C=O) groups excluding carboxylic acids is 1. The number of para-hydroxylation sites is 1. The maximum atomic E-state index is 12.1. The number of hydrogen-bond donors (Lipinski definition) is 3. The van der Waals surface area contributed by atoms with Crippen LogP contribution in [0.2, 0.25) is 0 Å². The fraction of sp³-hybridized carbons (Fsp3) is 0.333. The van der Waals surface area contributed by atoms with Crippen LogP contribution in [0.25, 0.3) is 0 Å². The second-order valence-corrected chi connectivity index (χ2v) is 6.21. The number of aliphatic imine (C=N–C) groups is 1. The van der Waals surface area contributed by atoms with Crippen molar-refractivity contribution in [1.82, 2.24) is 15.5 Å². The molecule has 0 aliphatic carbocycles. The molecule has 0 aromatic heterocycles. The second kappa shape index (κ2) is 12.9. The zero-order valence-corrected chi connectivity index (χ0v) is 19.3. The van der Waals surface area contributed by atoms with Crippen molar-refractivity contribution in [3.05, 3.63) is 59.7 Å². The van der Waals surface area contributed by atoms with Gasteiger partial charge >= 0.3 is 0 Å². The first-order valence-corrected chi connectivity index (χ1v) is 9.23. The average molecular weight is 512 g/mol. The van der Waals surface area contributed by atoms with Gasteiger partial charge in [0.05, 0.1) is 13.7 Å². The van der Waals surface area contributed by atoms with Gasteiger partial charge in [-0.25, -0.2) is 0 Å². The summed E-state index contributed by atoms with van der Waals surface area (Å²) < 4.78 is 5.41. The first-order valence-electron chi connectivity index (χ1n) is 9.23. The van der Waals surface area contributed by atoms with E-state index in [4.69, 9.17) is 4.74 Å². The van der Waals surface area contributed by atoms with Crippen molar-refractivity contribution in [2.75, 3.05) is 33.8 Å². The van der Waals surface area contributed by atoms with Gasteiger partial charge in [0.2, 0.25) is 0 Å². The van der Waals surface area contributed by atoms with Gasteiger partial charge < -0.3 is 25.4 Å². The Hall–Kier alpha value is -2.49. The number of guanidine groups is 1. The van der Waals surface area contributed by atoms with Crippen LogP contribution in [0.15, 0.2) is 53.5 Å². The molecule has 0 saturated carbocycles. The van der Waals surface area contributed by atoms with Crippen LogP contribution in [0.3, 0.4) is 0 Å². The van der Waals surface area contributed by atoms with Crippen LogP contribution in [0.5, 0.6) is 11.5 Å². The van der Waals surface area contributed by atoms with E-state index in [1.54, 1.807) is 19.2 Å². The lowest BCUT2D eigenvalue weighted by Crippen LogP contribution is -2.39. The summed E-state index contributed by atoms with van der Waals surface area (Å²) in [6, 6.07) is 14.0. The number of nitrogens with one attached hydrogen (secondary N) is 2. The summed E-state index contributed by atoms with van der Waals surface area (Å²) in [6.07, 6.45) is 0. The third-order valence-electron chi connectivity index (χ3n) is 4.08. The minimum Gasteiger partial charge on any atom is -0.508 e. The highest BCUT2D eigenvalue weighted by atomic mass is 127. The molecule has 0 fully saturated rings. The Morgan fingerprint density at radius 1 is 1.14 bits per heavy atom. The molecular weight excluding hydrogens is 483 g/mol. The van der Waals surface area contributed by atoms with Gasteiger partial charge in [0.1, 0.15) is 11.5 Å². The Kier molecular flexibility index (Phi) is 10.9. The van der Waals surface area contributed by atoms with Crippen molar-refractivity contribution in [3.8, 4) is 11.5 Å². The Balaban J connectivity index is 0.00000420. The smallest absolute Gasteiger partial charge is 0.251 e. The fourth-order valence-corrected chi connectivity index (χ4v) is 2.68. The highest BCUT2D eigenvalue weighted by molar-refractivity contribution is 14.0. The molecule has 8 heteroatoms. The predicted octanol–water partition coefficient (Wildman–Crippen LogP) is 2.85. The standard InChI is InChI=1S/C21H28N4O3.HI/c1-4-22-21(25(2)15-17-7-5-6-8-19(17)28-3)24-14-13-23-20(27)16-9-11-18(26)12-10-16;/h5-12,26H,4,13-15H2,1-3H3,(H,22,24)(H,23,27);1H. The number of carbonyl (C=O) groups is 1. The van der Waals surface area contributed by atoms with Crippen LogP contribution in [0, 0.1) is 0 Å². The number of amides is 1. The Morgan fingerprint density at radius 3 is 2.48 bits per heavy atom. The monoisotopic (exact) mass is 512 g/mol. The molecule has 0 aliphatic heterocycles. The average Bonchev–Trinajstić information content (AvgIpc) is 2.71. The van der Waals surface area contributed by atoms with Crippen molar-refractivity contribution < 1.29 is 14.6 Å². The number of ether oxygens (including phenoxy) is 1. The maximum Gasteiger partial charge on any atom is 0.251 e. The number of hydrogen-bond acceptors (Lipinski definition) is 4. The van der Waals surface area contributed by atoms with E-state index >= 15 is 0 Å². The maximum absolute atomic E-state index is 12.1. The van der Waals surface area contributed by atoms with Crippen molar-refractivity contribution >= 4 is 35.8 Å². The van der Waals surface area contributed by atoms with Gasteiger partial charge in [-0.3, -0.25) is 9.79 Å². The minimum atomic E-state index is -0.192. The molecule has 2 rings (SSSR count). The lowest BCUT2D eigenvalue weighted by Gasteiger charge is -2.23. The zero-order chi connectivity index (χ0) is 20.4. The number of methoxy groups -OCH3 is 1. The van der Waals surface area contributed by atoms with Crippen LogP contribution in [-0.2, 0) is 6.54 Å². The molecule has 2 aromatic carbocycles. The highest BCUT2D eigenvalue weighted by Gasteiger charge is 2.10. The van der Waals surface area contributed by atoms with Gasteiger partial charge in [-0.05, 0) is 37.3 Å². The van der Waals surface area contributed by atoms with Crippen LogP contribution in [-0.4, -0.2) is 55.7 Å². The molecule has 0 radical (unpaired) electrons. The Bertz CT molecular complexity index is 797. The molecule has 0 unspecified atom stereocenters. The highest BCUT2D eigenvalue weighted by Crippen LogP contribution is 2.18. The number of phenolic OH excluding ortho intramolecular Hbond substituents is 1. The summed E-state index contributed by atoms with van der Waals surface area (Å²) >= 11 is 0.